The van der Waals surface area contributed by atoms with Gasteiger partial charge >= 0.3 is 0 Å². The van der Waals surface area contributed by atoms with E-state index in [9.17, 15) is 4.79 Å². The predicted octanol–water partition coefficient (Wildman–Crippen LogP) is 2.87. The van der Waals surface area contributed by atoms with E-state index in [1.54, 1.807) is 14.2 Å². The van der Waals surface area contributed by atoms with E-state index in [0.717, 1.165) is 24.4 Å². The molecule has 5 heteroatoms. The minimum Gasteiger partial charge on any atom is -0.493 e. The smallest absolute Gasteiger partial charge is 0.279 e. The monoisotopic (exact) mass is 403 g/mol. The standard InChI is InChI=1S/C25H26N2O3/c1-29-22-15-19-13-14-27(17-24(28)26-20-11-7-4-8-12-20)25(18-9-5-3-6-10-18)21(19)16-23(22)30-2/h3-12,15-16,25H,13-14,17H2,1-2H3,(H,26,28)/p+1/t25-/m1/s1. The van der Waals surface area contributed by atoms with Gasteiger partial charge in [0.15, 0.2) is 18.0 Å². The van der Waals surface area contributed by atoms with Crippen molar-refractivity contribution in [2.24, 2.45) is 0 Å². The third kappa shape index (κ3) is 4.16. The predicted molar refractivity (Wildman–Crippen MR) is 117 cm³/mol. The van der Waals surface area contributed by atoms with Gasteiger partial charge in [-0.2, -0.15) is 0 Å². The molecule has 30 heavy (non-hydrogen) atoms. The Bertz CT molecular complexity index is 1010. The van der Waals surface area contributed by atoms with E-state index in [2.05, 4.69) is 29.6 Å². The molecule has 0 fully saturated rings. The van der Waals surface area contributed by atoms with Crippen LogP contribution in [0.4, 0.5) is 5.69 Å². The van der Waals surface area contributed by atoms with E-state index in [-0.39, 0.29) is 11.9 Å². The fourth-order valence-electron chi connectivity index (χ4n) is 4.27. The molecule has 0 radical (unpaired) electrons. The van der Waals surface area contributed by atoms with Crippen molar-refractivity contribution in [3.8, 4) is 11.5 Å². The normalized spacial score (nSPS) is 17.7. The number of para-hydroxylation sites is 1. The maximum atomic E-state index is 12.8. The second-order valence-electron chi connectivity index (χ2n) is 7.50. The van der Waals surface area contributed by atoms with Gasteiger partial charge in [0, 0.05) is 23.2 Å². The number of hydrogen-bond donors (Lipinski definition) is 2. The van der Waals surface area contributed by atoms with Crippen molar-refractivity contribution in [2.45, 2.75) is 12.5 Å². The summed E-state index contributed by atoms with van der Waals surface area (Å²) in [5.41, 5.74) is 4.44. The van der Waals surface area contributed by atoms with Crippen LogP contribution in [0.25, 0.3) is 0 Å². The lowest BCUT2D eigenvalue weighted by atomic mass is 9.87. The van der Waals surface area contributed by atoms with Crippen molar-refractivity contribution in [3.05, 3.63) is 89.5 Å². The Morgan fingerprint density at radius 2 is 1.60 bits per heavy atom. The largest absolute Gasteiger partial charge is 0.493 e. The molecule has 154 valence electrons. The summed E-state index contributed by atoms with van der Waals surface area (Å²) >= 11 is 0. The lowest BCUT2D eigenvalue weighted by molar-refractivity contribution is -0.919. The zero-order valence-corrected chi connectivity index (χ0v) is 17.4. The van der Waals surface area contributed by atoms with E-state index in [0.29, 0.717) is 12.3 Å². The lowest BCUT2D eigenvalue weighted by Gasteiger charge is -2.34. The number of benzene rings is 3. The summed E-state index contributed by atoms with van der Waals surface area (Å²) in [4.78, 5) is 14.0. The first-order valence-corrected chi connectivity index (χ1v) is 10.2. The molecule has 1 amide bonds. The molecule has 1 heterocycles. The molecule has 3 aromatic rings. The van der Waals surface area contributed by atoms with Gasteiger partial charge in [-0.05, 0) is 29.8 Å². The zero-order chi connectivity index (χ0) is 20.9. The Labute approximate surface area is 177 Å². The van der Waals surface area contributed by atoms with E-state index < -0.39 is 0 Å². The van der Waals surface area contributed by atoms with E-state index in [1.807, 2.05) is 48.5 Å². The molecule has 2 N–H and O–H groups in total. The van der Waals surface area contributed by atoms with Gasteiger partial charge in [-0.3, -0.25) is 4.79 Å². The number of nitrogens with one attached hydrogen (secondary N) is 2. The number of rotatable bonds is 6. The van der Waals surface area contributed by atoms with Crippen LogP contribution in [0.2, 0.25) is 0 Å². The van der Waals surface area contributed by atoms with Crippen molar-refractivity contribution < 1.29 is 19.2 Å². The Balaban J connectivity index is 1.66. The molecule has 1 aliphatic rings. The van der Waals surface area contributed by atoms with Crippen LogP contribution in [0.5, 0.6) is 11.5 Å². The Morgan fingerprint density at radius 3 is 2.27 bits per heavy atom. The summed E-state index contributed by atoms with van der Waals surface area (Å²) in [6.07, 6.45) is 0.882. The van der Waals surface area contributed by atoms with E-state index >= 15 is 0 Å². The van der Waals surface area contributed by atoms with Crippen LogP contribution in [-0.4, -0.2) is 33.2 Å². The minimum atomic E-state index is 0.0149. The van der Waals surface area contributed by atoms with Gasteiger partial charge in [-0.15, -0.1) is 0 Å². The number of methoxy groups -OCH3 is 2. The number of hydrogen-bond acceptors (Lipinski definition) is 3. The summed E-state index contributed by atoms with van der Waals surface area (Å²) in [7, 11) is 3.32. The highest BCUT2D eigenvalue weighted by Gasteiger charge is 2.34. The van der Waals surface area contributed by atoms with Gasteiger partial charge in [0.25, 0.3) is 5.91 Å². The number of quaternary nitrogens is 1. The molecule has 0 aliphatic carbocycles. The van der Waals surface area contributed by atoms with E-state index in [1.165, 1.54) is 21.6 Å². The maximum Gasteiger partial charge on any atom is 0.279 e. The van der Waals surface area contributed by atoms with Crippen molar-refractivity contribution >= 4 is 11.6 Å². The number of anilines is 1. The summed E-state index contributed by atoms with van der Waals surface area (Å²) in [6.45, 7) is 1.26. The first kappa shape index (κ1) is 20.0. The number of amides is 1. The Hall–Kier alpha value is -3.31. The number of carbonyl (C=O) groups is 1. The van der Waals surface area contributed by atoms with Crippen LogP contribution >= 0.6 is 0 Å². The summed E-state index contributed by atoms with van der Waals surface area (Å²) in [5, 5.41) is 3.02. The highest BCUT2D eigenvalue weighted by molar-refractivity contribution is 5.91. The average molecular weight is 404 g/mol. The Kier molecular flexibility index (Phi) is 6.00. The summed E-state index contributed by atoms with van der Waals surface area (Å²) in [6, 6.07) is 24.2. The second kappa shape index (κ2) is 9.01. The molecule has 0 saturated heterocycles. The van der Waals surface area contributed by atoms with Crippen LogP contribution < -0.4 is 19.7 Å². The highest BCUT2D eigenvalue weighted by Crippen LogP contribution is 2.36. The van der Waals surface area contributed by atoms with Crippen LogP contribution in [0.15, 0.2) is 72.8 Å². The summed E-state index contributed by atoms with van der Waals surface area (Å²) in [5.74, 6) is 1.47. The van der Waals surface area contributed by atoms with E-state index in [4.69, 9.17) is 9.47 Å². The lowest BCUT2D eigenvalue weighted by Crippen LogP contribution is -3.14. The zero-order valence-electron chi connectivity index (χ0n) is 17.4. The van der Waals surface area contributed by atoms with Crippen LogP contribution in [0, 0.1) is 0 Å². The molecule has 0 bridgehead atoms. The van der Waals surface area contributed by atoms with Gasteiger partial charge in [-0.1, -0.05) is 48.5 Å². The van der Waals surface area contributed by atoms with Crippen molar-refractivity contribution in [2.75, 3.05) is 32.6 Å². The molecule has 1 aliphatic heterocycles. The topological polar surface area (TPSA) is 52.0 Å². The SMILES string of the molecule is COc1cc2c(cc1OC)[C@@H](c1ccccc1)[NH+](CC(=O)Nc1ccccc1)CC2. The molecule has 4 rings (SSSR count). The quantitative estimate of drug-likeness (QED) is 0.666. The van der Waals surface area contributed by atoms with Crippen LogP contribution in [0.1, 0.15) is 22.7 Å². The molecule has 0 saturated carbocycles. The molecule has 1 unspecified atom stereocenters. The van der Waals surface area contributed by atoms with Crippen LogP contribution in [0.3, 0.4) is 0 Å². The molecular weight excluding hydrogens is 376 g/mol. The van der Waals surface area contributed by atoms with Crippen molar-refractivity contribution in [3.63, 3.8) is 0 Å². The number of fused-ring (bicyclic) bond motifs is 1. The highest BCUT2D eigenvalue weighted by atomic mass is 16.5. The van der Waals surface area contributed by atoms with Crippen molar-refractivity contribution in [1.82, 2.24) is 0 Å². The number of ether oxygens (including phenoxy) is 2. The molecule has 3 aromatic carbocycles. The van der Waals surface area contributed by atoms with Gasteiger partial charge in [0.2, 0.25) is 0 Å². The first-order chi connectivity index (χ1) is 14.7. The molecule has 0 spiro atoms. The third-order valence-electron chi connectivity index (χ3n) is 5.66. The molecule has 0 aromatic heterocycles. The van der Waals surface area contributed by atoms with Crippen LogP contribution in [-0.2, 0) is 11.2 Å². The number of carbonyl (C=O) groups excluding carboxylic acids is 1. The maximum absolute atomic E-state index is 12.8. The fourth-order valence-corrected chi connectivity index (χ4v) is 4.27. The fraction of sp³-hybridized carbons (Fsp3) is 0.240. The van der Waals surface area contributed by atoms with Gasteiger partial charge in [0.05, 0.1) is 20.8 Å². The molecule has 2 atom stereocenters. The molecular formula is C25H27N2O3+. The summed E-state index contributed by atoms with van der Waals surface area (Å²) < 4.78 is 11.1. The van der Waals surface area contributed by atoms with Gasteiger partial charge in [0.1, 0.15) is 6.04 Å². The molecule has 5 nitrogen and oxygen atoms in total. The second-order valence-corrected chi connectivity index (χ2v) is 7.50. The minimum absolute atomic E-state index is 0.0149. The van der Waals surface area contributed by atoms with Gasteiger partial charge in [-0.25, -0.2) is 0 Å². The van der Waals surface area contributed by atoms with Crippen molar-refractivity contribution in [1.29, 1.82) is 0 Å². The first-order valence-electron chi connectivity index (χ1n) is 10.2. The Morgan fingerprint density at radius 1 is 0.967 bits per heavy atom. The van der Waals surface area contributed by atoms with Gasteiger partial charge < -0.3 is 19.7 Å². The third-order valence-corrected chi connectivity index (χ3v) is 5.66. The average Bonchev–Trinajstić information content (AvgIpc) is 2.79.